The number of ether oxygens (including phenoxy) is 1. The predicted molar refractivity (Wildman–Crippen MR) is 69.5 cm³/mol. The Balaban J connectivity index is 1.83. The molecule has 0 saturated heterocycles. The summed E-state index contributed by atoms with van der Waals surface area (Å²) in [7, 11) is 0. The maximum Gasteiger partial charge on any atom is 0.137 e. The number of aromatic nitrogens is 1. The van der Waals surface area contributed by atoms with E-state index in [1.165, 1.54) is 18.4 Å². The number of hydrogen-bond acceptors (Lipinski definition) is 3. The van der Waals surface area contributed by atoms with E-state index in [-0.39, 0.29) is 0 Å². The number of nitrogens with one attached hydrogen (secondary N) is 1. The maximum atomic E-state index is 5.47. The van der Waals surface area contributed by atoms with Crippen LogP contribution in [-0.4, -0.2) is 24.2 Å². The first kappa shape index (κ1) is 12.4. The van der Waals surface area contributed by atoms with Gasteiger partial charge in [-0.3, -0.25) is 4.98 Å². The SMILES string of the molecule is CCOc1cncc(C(C)CCNC2CC2)c1. The summed E-state index contributed by atoms with van der Waals surface area (Å²) in [5, 5.41) is 3.55. The minimum Gasteiger partial charge on any atom is -0.492 e. The van der Waals surface area contributed by atoms with E-state index in [1.807, 2.05) is 13.1 Å². The quantitative estimate of drug-likeness (QED) is 0.787. The Morgan fingerprint density at radius 1 is 1.47 bits per heavy atom. The van der Waals surface area contributed by atoms with Gasteiger partial charge < -0.3 is 10.1 Å². The van der Waals surface area contributed by atoms with Crippen LogP contribution in [0, 0.1) is 0 Å². The van der Waals surface area contributed by atoms with Crippen LogP contribution in [0.15, 0.2) is 18.5 Å². The molecule has 1 aromatic heterocycles. The van der Waals surface area contributed by atoms with E-state index < -0.39 is 0 Å². The first-order chi connectivity index (χ1) is 8.29. The lowest BCUT2D eigenvalue weighted by Crippen LogP contribution is -2.19. The Morgan fingerprint density at radius 3 is 3.00 bits per heavy atom. The lowest BCUT2D eigenvalue weighted by molar-refractivity contribution is 0.338. The first-order valence-electron chi connectivity index (χ1n) is 6.60. The first-order valence-corrected chi connectivity index (χ1v) is 6.60. The molecule has 0 aromatic carbocycles. The molecule has 1 heterocycles. The van der Waals surface area contributed by atoms with Crippen molar-refractivity contribution < 1.29 is 4.74 Å². The van der Waals surface area contributed by atoms with E-state index in [0.717, 1.165) is 24.8 Å². The van der Waals surface area contributed by atoms with Crippen molar-refractivity contribution in [3.05, 3.63) is 24.0 Å². The van der Waals surface area contributed by atoms with Crippen LogP contribution < -0.4 is 10.1 Å². The van der Waals surface area contributed by atoms with E-state index in [2.05, 4.69) is 23.3 Å². The zero-order chi connectivity index (χ0) is 12.1. The monoisotopic (exact) mass is 234 g/mol. The van der Waals surface area contributed by atoms with Gasteiger partial charge >= 0.3 is 0 Å². The van der Waals surface area contributed by atoms with Crippen molar-refractivity contribution in [1.82, 2.24) is 10.3 Å². The highest BCUT2D eigenvalue weighted by Gasteiger charge is 2.20. The highest BCUT2D eigenvalue weighted by molar-refractivity contribution is 5.25. The topological polar surface area (TPSA) is 34.1 Å². The summed E-state index contributed by atoms with van der Waals surface area (Å²) < 4.78 is 5.47. The van der Waals surface area contributed by atoms with Gasteiger partial charge in [0.1, 0.15) is 5.75 Å². The van der Waals surface area contributed by atoms with Gasteiger partial charge in [0.25, 0.3) is 0 Å². The Bertz CT molecular complexity index is 350. The molecule has 0 spiro atoms. The molecule has 0 bridgehead atoms. The molecule has 94 valence electrons. The van der Waals surface area contributed by atoms with Crippen LogP contribution in [0.5, 0.6) is 5.75 Å². The molecule has 3 heteroatoms. The number of hydrogen-bond donors (Lipinski definition) is 1. The average molecular weight is 234 g/mol. The molecular formula is C14H22N2O. The summed E-state index contributed by atoms with van der Waals surface area (Å²) in [6.45, 7) is 6.05. The van der Waals surface area contributed by atoms with Gasteiger partial charge in [0.2, 0.25) is 0 Å². The number of pyridine rings is 1. The van der Waals surface area contributed by atoms with Crippen molar-refractivity contribution in [2.75, 3.05) is 13.2 Å². The summed E-state index contributed by atoms with van der Waals surface area (Å²) in [5.41, 5.74) is 1.27. The third-order valence-corrected chi connectivity index (χ3v) is 3.20. The van der Waals surface area contributed by atoms with Gasteiger partial charge in [-0.15, -0.1) is 0 Å². The normalized spacial score (nSPS) is 16.8. The van der Waals surface area contributed by atoms with Gasteiger partial charge in [-0.1, -0.05) is 6.92 Å². The highest BCUT2D eigenvalue weighted by atomic mass is 16.5. The van der Waals surface area contributed by atoms with Gasteiger partial charge in [-0.2, -0.15) is 0 Å². The molecule has 3 nitrogen and oxygen atoms in total. The minimum absolute atomic E-state index is 0.536. The Morgan fingerprint density at radius 2 is 2.29 bits per heavy atom. The second-order valence-corrected chi connectivity index (χ2v) is 4.81. The van der Waals surface area contributed by atoms with E-state index in [0.29, 0.717) is 12.5 Å². The lowest BCUT2D eigenvalue weighted by atomic mass is 9.99. The summed E-state index contributed by atoms with van der Waals surface area (Å²) in [6, 6.07) is 2.91. The molecule has 1 aromatic rings. The van der Waals surface area contributed by atoms with Crippen LogP contribution in [0.3, 0.4) is 0 Å². The number of nitrogens with zero attached hydrogens (tertiary/aromatic N) is 1. The molecule has 1 aliphatic rings. The van der Waals surface area contributed by atoms with Crippen LogP contribution in [0.25, 0.3) is 0 Å². The molecule has 1 unspecified atom stereocenters. The van der Waals surface area contributed by atoms with E-state index >= 15 is 0 Å². The molecule has 17 heavy (non-hydrogen) atoms. The Labute approximate surface area is 104 Å². The standard InChI is InChI=1S/C14H22N2O/c1-3-17-14-8-12(9-15-10-14)11(2)6-7-16-13-4-5-13/h8-11,13,16H,3-7H2,1-2H3. The van der Waals surface area contributed by atoms with Gasteiger partial charge in [0.15, 0.2) is 0 Å². The fourth-order valence-corrected chi connectivity index (χ4v) is 1.91. The second kappa shape index (κ2) is 6.01. The van der Waals surface area contributed by atoms with Gasteiger partial charge in [0, 0.05) is 12.2 Å². The molecule has 1 atom stereocenters. The van der Waals surface area contributed by atoms with E-state index in [1.54, 1.807) is 6.20 Å². The molecule has 1 N–H and O–H groups in total. The lowest BCUT2D eigenvalue weighted by Gasteiger charge is -2.13. The molecule has 0 aliphatic heterocycles. The molecule has 1 saturated carbocycles. The van der Waals surface area contributed by atoms with Crippen LogP contribution in [0.1, 0.15) is 44.6 Å². The molecular weight excluding hydrogens is 212 g/mol. The molecule has 1 fully saturated rings. The molecule has 0 radical (unpaired) electrons. The van der Waals surface area contributed by atoms with E-state index in [4.69, 9.17) is 4.74 Å². The smallest absolute Gasteiger partial charge is 0.137 e. The van der Waals surface area contributed by atoms with Crippen LogP contribution in [0.2, 0.25) is 0 Å². The highest BCUT2D eigenvalue weighted by Crippen LogP contribution is 2.23. The van der Waals surface area contributed by atoms with Crippen molar-refractivity contribution in [2.45, 2.75) is 45.1 Å². The fourth-order valence-electron chi connectivity index (χ4n) is 1.91. The molecule has 0 amide bonds. The maximum absolute atomic E-state index is 5.47. The van der Waals surface area contributed by atoms with Crippen molar-refractivity contribution in [2.24, 2.45) is 0 Å². The van der Waals surface area contributed by atoms with Gasteiger partial charge in [-0.25, -0.2) is 0 Å². The van der Waals surface area contributed by atoms with Crippen molar-refractivity contribution >= 4 is 0 Å². The Hall–Kier alpha value is -1.09. The van der Waals surface area contributed by atoms with Crippen LogP contribution in [0.4, 0.5) is 0 Å². The summed E-state index contributed by atoms with van der Waals surface area (Å²) in [6.07, 6.45) is 7.60. The largest absolute Gasteiger partial charge is 0.492 e. The minimum atomic E-state index is 0.536. The third-order valence-electron chi connectivity index (χ3n) is 3.20. The van der Waals surface area contributed by atoms with Crippen molar-refractivity contribution in [3.8, 4) is 5.75 Å². The zero-order valence-electron chi connectivity index (χ0n) is 10.8. The van der Waals surface area contributed by atoms with Gasteiger partial charge in [0.05, 0.1) is 12.8 Å². The van der Waals surface area contributed by atoms with E-state index in [9.17, 15) is 0 Å². The Kier molecular flexibility index (Phi) is 4.37. The summed E-state index contributed by atoms with van der Waals surface area (Å²) in [4.78, 5) is 4.23. The summed E-state index contributed by atoms with van der Waals surface area (Å²) >= 11 is 0. The summed E-state index contributed by atoms with van der Waals surface area (Å²) in [5.74, 6) is 1.42. The van der Waals surface area contributed by atoms with Crippen LogP contribution in [-0.2, 0) is 0 Å². The van der Waals surface area contributed by atoms with Crippen molar-refractivity contribution in [1.29, 1.82) is 0 Å². The van der Waals surface area contributed by atoms with Crippen molar-refractivity contribution in [3.63, 3.8) is 0 Å². The fraction of sp³-hybridized carbons (Fsp3) is 0.643. The third kappa shape index (κ3) is 4.00. The molecule has 2 rings (SSSR count). The van der Waals surface area contributed by atoms with Gasteiger partial charge in [-0.05, 0) is 50.3 Å². The molecule has 1 aliphatic carbocycles. The number of rotatable bonds is 7. The average Bonchev–Trinajstić information content (AvgIpc) is 3.14. The van der Waals surface area contributed by atoms with Crippen LogP contribution >= 0.6 is 0 Å². The predicted octanol–water partition coefficient (Wildman–Crippen LogP) is 2.73. The zero-order valence-corrected chi connectivity index (χ0v) is 10.8. The second-order valence-electron chi connectivity index (χ2n) is 4.81.